The minimum absolute atomic E-state index is 0.0507. The predicted octanol–water partition coefficient (Wildman–Crippen LogP) is 1.77. The van der Waals surface area contributed by atoms with Crippen LogP contribution in [-0.2, 0) is 0 Å². The largest absolute Gasteiger partial charge is 0.467 e. The van der Waals surface area contributed by atoms with Gasteiger partial charge in [-0.15, -0.1) is 10.1 Å². The fourth-order valence-electron chi connectivity index (χ4n) is 1.83. The Bertz CT molecular complexity index is 893. The highest BCUT2D eigenvalue weighted by Crippen LogP contribution is 2.14. The van der Waals surface area contributed by atoms with E-state index in [0.29, 0.717) is 10.7 Å². The van der Waals surface area contributed by atoms with E-state index in [-0.39, 0.29) is 23.9 Å². The summed E-state index contributed by atoms with van der Waals surface area (Å²) in [6.07, 6.45) is 1.33. The molecule has 11 nitrogen and oxygen atoms in total. The van der Waals surface area contributed by atoms with E-state index in [1.165, 1.54) is 25.2 Å². The highest BCUT2D eigenvalue weighted by atomic mass is 35.5. The van der Waals surface area contributed by atoms with Crippen molar-refractivity contribution in [2.75, 3.05) is 24.9 Å². The number of anilines is 2. The van der Waals surface area contributed by atoms with Crippen molar-refractivity contribution in [1.82, 2.24) is 29.7 Å². The predicted molar refractivity (Wildman–Crippen MR) is 91.9 cm³/mol. The number of nitrogens with one attached hydrogen (secondary N) is 2. The third kappa shape index (κ3) is 4.13. The van der Waals surface area contributed by atoms with Crippen LogP contribution < -0.4 is 20.1 Å². The van der Waals surface area contributed by atoms with Crippen LogP contribution in [0.4, 0.5) is 16.4 Å². The number of rotatable bonds is 5. The van der Waals surface area contributed by atoms with Crippen molar-refractivity contribution in [1.29, 1.82) is 0 Å². The average Bonchev–Trinajstić information content (AvgIpc) is 3.11. The van der Waals surface area contributed by atoms with Crippen LogP contribution in [0.5, 0.6) is 12.0 Å². The molecule has 0 spiro atoms. The smallest absolute Gasteiger partial charge is 0.326 e. The number of hydrogen-bond donors (Lipinski definition) is 2. The molecule has 2 amide bonds. The Labute approximate surface area is 152 Å². The second-order valence-corrected chi connectivity index (χ2v) is 5.14. The van der Waals surface area contributed by atoms with Gasteiger partial charge in [-0.1, -0.05) is 11.6 Å². The zero-order valence-electron chi connectivity index (χ0n) is 13.7. The monoisotopic (exact) mass is 376 g/mol. The Morgan fingerprint density at radius 3 is 2.31 bits per heavy atom. The third-order valence-corrected chi connectivity index (χ3v) is 3.22. The van der Waals surface area contributed by atoms with Crippen molar-refractivity contribution in [3.8, 4) is 18.0 Å². The van der Waals surface area contributed by atoms with E-state index in [0.717, 1.165) is 0 Å². The Balaban J connectivity index is 1.71. The first-order chi connectivity index (χ1) is 12.6. The maximum absolute atomic E-state index is 12.0. The van der Waals surface area contributed by atoms with Gasteiger partial charge in [0.2, 0.25) is 0 Å². The molecule has 0 bridgehead atoms. The topological polar surface area (TPSA) is 129 Å². The maximum Gasteiger partial charge on any atom is 0.326 e. The molecule has 134 valence electrons. The summed E-state index contributed by atoms with van der Waals surface area (Å²) in [4.78, 5) is 27.9. The van der Waals surface area contributed by atoms with Crippen LogP contribution in [0.15, 0.2) is 30.6 Å². The van der Waals surface area contributed by atoms with Gasteiger partial charge in [0.05, 0.1) is 14.2 Å². The van der Waals surface area contributed by atoms with Crippen LogP contribution in [0.3, 0.4) is 0 Å². The molecule has 26 heavy (non-hydrogen) atoms. The van der Waals surface area contributed by atoms with Crippen LogP contribution in [0, 0.1) is 0 Å². The van der Waals surface area contributed by atoms with Crippen LogP contribution in [0.25, 0.3) is 5.95 Å². The van der Waals surface area contributed by atoms with Crippen LogP contribution >= 0.6 is 11.6 Å². The number of amides is 2. The molecule has 3 rings (SSSR count). The van der Waals surface area contributed by atoms with Gasteiger partial charge in [0.25, 0.3) is 11.9 Å². The first-order valence-corrected chi connectivity index (χ1v) is 7.55. The molecule has 1 aromatic carbocycles. The Morgan fingerprint density at radius 1 is 1.04 bits per heavy atom. The summed E-state index contributed by atoms with van der Waals surface area (Å²) in [6, 6.07) is 6.23. The number of hydrogen-bond acceptors (Lipinski definition) is 8. The molecule has 0 saturated heterocycles. The lowest BCUT2D eigenvalue weighted by molar-refractivity contribution is 0.262. The number of methoxy groups -OCH3 is 2. The van der Waals surface area contributed by atoms with Gasteiger partial charge in [-0.25, -0.2) is 4.79 Å². The molecule has 12 heteroatoms. The lowest BCUT2D eigenvalue weighted by Gasteiger charge is -2.05. The first kappa shape index (κ1) is 17.4. The van der Waals surface area contributed by atoms with Crippen LogP contribution in [0.2, 0.25) is 5.02 Å². The fraction of sp³-hybridized carbons (Fsp3) is 0.143. The highest BCUT2D eigenvalue weighted by Gasteiger charge is 2.12. The van der Waals surface area contributed by atoms with Gasteiger partial charge in [0.15, 0.2) is 0 Å². The van der Waals surface area contributed by atoms with Gasteiger partial charge in [-0.2, -0.15) is 19.6 Å². The lowest BCUT2D eigenvalue weighted by atomic mass is 10.3. The number of benzene rings is 1. The maximum atomic E-state index is 12.0. The van der Waals surface area contributed by atoms with Crippen molar-refractivity contribution in [2.45, 2.75) is 0 Å². The highest BCUT2D eigenvalue weighted by molar-refractivity contribution is 6.30. The van der Waals surface area contributed by atoms with E-state index in [1.807, 2.05) is 0 Å². The molecular weight excluding hydrogens is 364 g/mol. The van der Waals surface area contributed by atoms with Gasteiger partial charge < -0.3 is 14.8 Å². The number of carbonyl (C=O) groups is 1. The van der Waals surface area contributed by atoms with E-state index >= 15 is 0 Å². The summed E-state index contributed by atoms with van der Waals surface area (Å²) < 4.78 is 11.2. The van der Waals surface area contributed by atoms with Gasteiger partial charge >= 0.3 is 18.1 Å². The number of ether oxygens (including phenoxy) is 2. The summed E-state index contributed by atoms with van der Waals surface area (Å²) in [7, 11) is 2.82. The summed E-state index contributed by atoms with van der Waals surface area (Å²) >= 11 is 5.80. The second kappa shape index (κ2) is 7.61. The number of carbonyl (C=O) groups excluding carboxylic acids is 1. The quantitative estimate of drug-likeness (QED) is 0.689. The molecule has 2 N–H and O–H groups in total. The van der Waals surface area contributed by atoms with Crippen molar-refractivity contribution in [3.05, 3.63) is 35.6 Å². The van der Waals surface area contributed by atoms with Gasteiger partial charge in [0.1, 0.15) is 6.33 Å². The molecule has 2 aromatic heterocycles. The minimum atomic E-state index is -0.518. The zero-order chi connectivity index (χ0) is 18.5. The Morgan fingerprint density at radius 2 is 1.69 bits per heavy atom. The summed E-state index contributed by atoms with van der Waals surface area (Å²) in [6.45, 7) is 0. The third-order valence-electron chi connectivity index (χ3n) is 2.97. The molecule has 0 aliphatic heterocycles. The van der Waals surface area contributed by atoms with Gasteiger partial charge in [0, 0.05) is 10.7 Å². The fourth-order valence-corrected chi connectivity index (χ4v) is 1.95. The van der Waals surface area contributed by atoms with Crippen molar-refractivity contribution >= 4 is 29.3 Å². The first-order valence-electron chi connectivity index (χ1n) is 7.17. The molecule has 0 aliphatic rings. The molecular formula is C14H13ClN8O3. The molecule has 0 unspecified atom stereocenters. The van der Waals surface area contributed by atoms with Gasteiger partial charge in [-0.05, 0) is 24.3 Å². The Kier molecular flexibility index (Phi) is 5.08. The standard InChI is InChI=1S/C14H13ClN8O3/c1-25-13-19-11(20-14(21-13)26-2)23-7-16-10(22-23)18-12(24)17-9-5-3-8(15)4-6-9/h3-7H,1-2H3,(H2,17,18,22,24). The molecule has 3 aromatic rings. The van der Waals surface area contributed by atoms with Crippen LogP contribution in [-0.4, -0.2) is 50.0 Å². The van der Waals surface area contributed by atoms with E-state index in [9.17, 15) is 4.79 Å². The molecule has 0 saturated carbocycles. The average molecular weight is 377 g/mol. The van der Waals surface area contributed by atoms with E-state index in [1.54, 1.807) is 24.3 Å². The minimum Gasteiger partial charge on any atom is -0.467 e. The molecule has 0 atom stereocenters. The Hall–Kier alpha value is -3.47. The number of halogens is 1. The lowest BCUT2D eigenvalue weighted by Crippen LogP contribution is -2.20. The van der Waals surface area contributed by atoms with Crippen molar-refractivity contribution in [3.63, 3.8) is 0 Å². The zero-order valence-corrected chi connectivity index (χ0v) is 14.4. The van der Waals surface area contributed by atoms with Crippen molar-refractivity contribution in [2.24, 2.45) is 0 Å². The summed E-state index contributed by atoms with van der Waals surface area (Å²) in [5.41, 5.74) is 0.568. The number of urea groups is 1. The van der Waals surface area contributed by atoms with Crippen molar-refractivity contribution < 1.29 is 14.3 Å². The SMILES string of the molecule is COc1nc(OC)nc(-n2cnc(NC(=O)Nc3ccc(Cl)cc3)n2)n1. The molecule has 0 aliphatic carbocycles. The molecule has 0 fully saturated rings. The van der Waals surface area contributed by atoms with Gasteiger partial charge in [-0.3, -0.25) is 5.32 Å². The van der Waals surface area contributed by atoms with E-state index in [2.05, 4.69) is 35.7 Å². The number of aromatic nitrogens is 6. The molecule has 0 radical (unpaired) electrons. The number of nitrogens with zero attached hydrogens (tertiary/aromatic N) is 6. The molecule has 2 heterocycles. The second-order valence-electron chi connectivity index (χ2n) is 4.71. The normalized spacial score (nSPS) is 10.3. The van der Waals surface area contributed by atoms with E-state index in [4.69, 9.17) is 21.1 Å². The summed E-state index contributed by atoms with van der Waals surface area (Å²) in [5.74, 6) is 0.169. The summed E-state index contributed by atoms with van der Waals surface area (Å²) in [5, 5.41) is 9.76. The van der Waals surface area contributed by atoms with Crippen LogP contribution in [0.1, 0.15) is 0 Å². The van der Waals surface area contributed by atoms with E-state index < -0.39 is 6.03 Å².